The third-order valence-corrected chi connectivity index (χ3v) is 49.6. The summed E-state index contributed by atoms with van der Waals surface area (Å²) >= 11 is 0. The van der Waals surface area contributed by atoms with Crippen LogP contribution in [0.15, 0.2) is 121 Å². The second-order valence-electron chi connectivity index (χ2n) is 27.4. The lowest BCUT2D eigenvalue weighted by molar-refractivity contribution is 0.655. The summed E-state index contributed by atoms with van der Waals surface area (Å²) in [5.74, 6) is 0.495. The topological polar surface area (TPSA) is 0 Å². The molecule has 4 bridgehead atoms. The number of fused-ring (bicyclic) bond motifs is 1. The molecule has 6 aromatic carbocycles. The highest BCUT2D eigenvalue weighted by molar-refractivity contribution is 7.14. The molecule has 0 N–H and O–H groups in total. The highest BCUT2D eigenvalue weighted by Gasteiger charge is 2.63. The molecule has 0 aromatic heterocycles. The molecule has 340 valence electrons. The highest BCUT2D eigenvalue weighted by atomic mass is 28.4. The molecular weight excluding hydrogens is 893 g/mol. The van der Waals surface area contributed by atoms with Crippen molar-refractivity contribution in [3.63, 3.8) is 0 Å². The average Bonchev–Trinajstić information content (AvgIpc) is 3.15. The zero-order chi connectivity index (χ0) is 47.2. The predicted octanol–water partition coefficient (Wildman–Crippen LogP) is 15.1. The minimum absolute atomic E-state index is 0.235. The molecule has 12 rings (SSSR count). The van der Waals surface area contributed by atoms with E-state index in [2.05, 4.69) is 239 Å². The SMILES string of the molecule is C[Si](C)(C)C(c1cc(C([Si](C)(C)C)[Si](C)(C)C)c([Si]23c4ccccc4C(c4ccccc42)C2c4ccccc4C3c3cc4ccccc4cc32)c(C([Si](C)(C)C)[Si](C)(C)C)c1)[Si](C)(C)C. The normalized spacial score (nSPS) is 20.8. The van der Waals surface area contributed by atoms with Gasteiger partial charge in [-0.15, -0.1) is 0 Å². The molecule has 65 heavy (non-hydrogen) atoms. The fourth-order valence-electron chi connectivity index (χ4n) is 16.2. The highest BCUT2D eigenvalue weighted by Crippen LogP contribution is 2.59. The smallest absolute Gasteiger partial charge is 0.0693 e. The number of hydrogen-bond donors (Lipinski definition) is 0. The molecule has 6 aromatic rings. The van der Waals surface area contributed by atoms with Crippen LogP contribution < -0.4 is 15.6 Å². The first-order chi connectivity index (χ1) is 30.1. The fraction of sp³-hybridized carbons (Fsp3) is 0.414. The predicted molar refractivity (Wildman–Crippen MR) is 308 cm³/mol. The van der Waals surface area contributed by atoms with Crippen molar-refractivity contribution in [2.45, 2.75) is 151 Å². The van der Waals surface area contributed by atoms with Crippen molar-refractivity contribution in [2.24, 2.45) is 0 Å². The van der Waals surface area contributed by atoms with Gasteiger partial charge in [-0.3, -0.25) is 0 Å². The molecule has 0 saturated heterocycles. The quantitative estimate of drug-likeness (QED) is 0.120. The second-order valence-corrected chi connectivity index (χ2v) is 64.8. The van der Waals surface area contributed by atoms with Gasteiger partial charge in [-0.25, -0.2) is 0 Å². The Morgan fingerprint density at radius 2 is 0.677 bits per heavy atom. The molecule has 0 amide bonds. The maximum atomic E-state index is 3.02. The Morgan fingerprint density at radius 3 is 1.09 bits per heavy atom. The molecule has 2 unspecified atom stereocenters. The summed E-state index contributed by atoms with van der Waals surface area (Å²) < 4.78 is 0. The van der Waals surface area contributed by atoms with Gasteiger partial charge in [0.1, 0.15) is 0 Å². The molecule has 0 nitrogen and oxygen atoms in total. The average molecular weight is 974 g/mol. The van der Waals surface area contributed by atoms with E-state index in [1.165, 1.54) is 10.8 Å². The van der Waals surface area contributed by atoms with E-state index in [0.717, 1.165) is 0 Å². The van der Waals surface area contributed by atoms with E-state index in [-0.39, 0.29) is 17.4 Å². The molecular formula is C58H80Si7. The van der Waals surface area contributed by atoms with Gasteiger partial charge in [0.15, 0.2) is 8.07 Å². The van der Waals surface area contributed by atoms with Crippen molar-refractivity contribution in [3.8, 4) is 0 Å². The molecule has 5 heterocycles. The first-order valence-corrected chi connectivity index (χ1v) is 48.6. The summed E-state index contributed by atoms with van der Waals surface area (Å²) in [5.41, 5.74) is 15.3. The third kappa shape index (κ3) is 7.46. The van der Waals surface area contributed by atoms with Gasteiger partial charge in [0.05, 0.1) is 0 Å². The van der Waals surface area contributed by atoms with Crippen molar-refractivity contribution in [2.75, 3.05) is 0 Å². The lowest BCUT2D eigenvalue weighted by atomic mass is 9.67. The minimum Gasteiger partial charge on any atom is -0.0693 e. The second kappa shape index (κ2) is 15.6. The lowest BCUT2D eigenvalue weighted by Crippen LogP contribution is -2.78. The van der Waals surface area contributed by atoms with Crippen LogP contribution in [0.3, 0.4) is 0 Å². The monoisotopic (exact) mass is 972 g/mol. The van der Waals surface area contributed by atoms with Gasteiger partial charge in [0.2, 0.25) is 0 Å². The maximum absolute atomic E-state index is 3.14. The molecule has 0 spiro atoms. The molecule has 7 heteroatoms. The van der Waals surface area contributed by atoms with Gasteiger partial charge < -0.3 is 0 Å². The van der Waals surface area contributed by atoms with Crippen LogP contribution >= 0.6 is 0 Å². The Hall–Kier alpha value is -2.90. The Bertz CT molecular complexity index is 2690. The van der Waals surface area contributed by atoms with Crippen LogP contribution in [0, 0.1) is 0 Å². The number of hydrogen-bond acceptors (Lipinski definition) is 0. The molecule has 0 saturated carbocycles. The fourth-order valence-corrected chi connectivity index (χ4v) is 61.6. The van der Waals surface area contributed by atoms with E-state index < -0.39 is 56.5 Å². The summed E-state index contributed by atoms with van der Waals surface area (Å²) in [5, 5.41) is 9.98. The Kier molecular flexibility index (Phi) is 11.3. The summed E-state index contributed by atoms with van der Waals surface area (Å²) in [4.78, 5) is 0. The van der Waals surface area contributed by atoms with E-state index in [4.69, 9.17) is 0 Å². The Morgan fingerprint density at radius 1 is 0.338 bits per heavy atom. The number of benzene rings is 6. The van der Waals surface area contributed by atoms with Gasteiger partial charge >= 0.3 is 0 Å². The van der Waals surface area contributed by atoms with E-state index >= 15 is 0 Å². The van der Waals surface area contributed by atoms with Gasteiger partial charge in [0.25, 0.3) is 0 Å². The Balaban J connectivity index is 1.64. The summed E-state index contributed by atoms with van der Waals surface area (Å²) in [6.45, 7) is 49.3. The maximum Gasteiger partial charge on any atom is 0.161 e. The summed E-state index contributed by atoms with van der Waals surface area (Å²) in [6, 6.07) is 51.1. The van der Waals surface area contributed by atoms with Crippen molar-refractivity contribution < 1.29 is 0 Å². The molecule has 6 aliphatic rings. The van der Waals surface area contributed by atoms with Gasteiger partial charge in [-0.05, 0) is 91.9 Å². The first-order valence-electron chi connectivity index (χ1n) is 25.1. The van der Waals surface area contributed by atoms with Crippen molar-refractivity contribution in [1.29, 1.82) is 0 Å². The van der Waals surface area contributed by atoms with Crippen LogP contribution in [-0.2, 0) is 0 Å². The minimum atomic E-state index is -3.14. The van der Waals surface area contributed by atoms with E-state index in [9.17, 15) is 0 Å². The summed E-state index contributed by atoms with van der Waals surface area (Å²) in [6.07, 6.45) is 0. The lowest BCUT2D eigenvalue weighted by Gasteiger charge is -2.58. The van der Waals surface area contributed by atoms with E-state index in [1.54, 1.807) is 49.3 Å². The third-order valence-electron chi connectivity index (χ3n) is 16.2. The van der Waals surface area contributed by atoms with Gasteiger partial charge in [-0.2, -0.15) is 0 Å². The van der Waals surface area contributed by atoms with Crippen molar-refractivity contribution >= 4 is 82.8 Å². The van der Waals surface area contributed by atoms with Crippen LogP contribution in [0.2, 0.25) is 118 Å². The van der Waals surface area contributed by atoms with Crippen LogP contribution in [-0.4, -0.2) is 56.5 Å². The Labute approximate surface area is 402 Å². The zero-order valence-corrected chi connectivity index (χ0v) is 50.5. The van der Waals surface area contributed by atoms with Gasteiger partial charge in [-0.1, -0.05) is 239 Å². The molecule has 0 fully saturated rings. The van der Waals surface area contributed by atoms with Crippen molar-refractivity contribution in [3.05, 3.63) is 171 Å². The molecule has 2 atom stereocenters. The molecule has 5 aliphatic heterocycles. The van der Waals surface area contributed by atoms with E-state index in [0.29, 0.717) is 15.5 Å². The molecule has 1 aliphatic carbocycles. The van der Waals surface area contributed by atoms with Gasteiger partial charge in [0, 0.05) is 65.8 Å². The van der Waals surface area contributed by atoms with E-state index in [1.807, 2.05) is 16.3 Å². The first kappa shape index (κ1) is 47.2. The van der Waals surface area contributed by atoms with Crippen LogP contribution in [0.4, 0.5) is 0 Å². The zero-order valence-electron chi connectivity index (χ0n) is 43.5. The largest absolute Gasteiger partial charge is 0.161 e. The molecule has 0 radical (unpaired) electrons. The van der Waals surface area contributed by atoms with Crippen LogP contribution in [0.1, 0.15) is 82.9 Å². The standard InChI is InChI=1S/C58H80Si7/c1-59(2,3)56(60(4,5)6)41-37-48(57(61(7,8)9)62(10,11)12)55(49(38-41)58(63(13,14)15)64(16,17)18)65-50-33-25-23-31-44(50)53(45-32-24-26-34-51(45)65)52-42-29-21-22-30-43(42)54(65)47-36-40-28-20-19-27-39(40)35-46(47)52/h19-38,52-54,56-58H,1-18H3. The number of rotatable bonds is 10. The van der Waals surface area contributed by atoms with Crippen LogP contribution in [0.25, 0.3) is 10.8 Å². The summed E-state index contributed by atoms with van der Waals surface area (Å²) in [7, 11) is -14.0. The van der Waals surface area contributed by atoms with Crippen LogP contribution in [0.5, 0.6) is 0 Å². The van der Waals surface area contributed by atoms with Crippen molar-refractivity contribution in [1.82, 2.24) is 0 Å².